The minimum atomic E-state index is -4.67. The third kappa shape index (κ3) is 2.72. The van der Waals surface area contributed by atoms with Crippen LogP contribution in [0.3, 0.4) is 0 Å². The number of nitro benzene ring substituents is 1. The van der Waals surface area contributed by atoms with E-state index in [0.29, 0.717) is 0 Å². The van der Waals surface area contributed by atoms with Crippen molar-refractivity contribution in [2.45, 2.75) is 5.44 Å². The predicted octanol–water partition coefficient (Wildman–Crippen LogP) is 0.474. The highest BCUT2D eigenvalue weighted by Crippen LogP contribution is 2.22. The molecule has 0 unspecified atom stereocenters. The highest BCUT2D eigenvalue weighted by molar-refractivity contribution is 7.85. The Bertz CT molecular complexity index is 482. The Morgan fingerprint density at radius 1 is 1.40 bits per heavy atom. The van der Waals surface area contributed by atoms with Crippen molar-refractivity contribution in [1.82, 2.24) is 0 Å². The van der Waals surface area contributed by atoms with Gasteiger partial charge < -0.3 is 5.11 Å². The Morgan fingerprint density at radius 3 is 2.47 bits per heavy atom. The lowest BCUT2D eigenvalue weighted by molar-refractivity contribution is -0.384. The Balaban J connectivity index is 3.17. The zero-order chi connectivity index (χ0) is 11.6. The molecule has 7 nitrogen and oxygen atoms in total. The highest BCUT2D eigenvalue weighted by Gasteiger charge is 2.23. The summed E-state index contributed by atoms with van der Waals surface area (Å²) in [6.07, 6.45) is 0. The minimum absolute atomic E-state index is 0.258. The van der Waals surface area contributed by atoms with Gasteiger partial charge >= 0.3 is 0 Å². The van der Waals surface area contributed by atoms with E-state index in [1.165, 1.54) is 6.07 Å². The molecule has 8 heteroatoms. The van der Waals surface area contributed by atoms with Crippen molar-refractivity contribution in [3.63, 3.8) is 0 Å². The van der Waals surface area contributed by atoms with Crippen molar-refractivity contribution in [2.75, 3.05) is 0 Å². The van der Waals surface area contributed by atoms with Gasteiger partial charge in [0, 0.05) is 17.7 Å². The summed E-state index contributed by atoms with van der Waals surface area (Å²) < 4.78 is 29.6. The van der Waals surface area contributed by atoms with Gasteiger partial charge in [-0.2, -0.15) is 8.42 Å². The van der Waals surface area contributed by atoms with Crippen LogP contribution in [-0.4, -0.2) is 23.0 Å². The fourth-order valence-electron chi connectivity index (χ4n) is 0.964. The number of hydrogen-bond donors (Lipinski definition) is 2. The Labute approximate surface area is 84.9 Å². The maximum Gasteiger partial charge on any atom is 0.296 e. The molecule has 0 amide bonds. The molecule has 0 fully saturated rings. The fraction of sp³-hybridized carbons (Fsp3) is 0.143. The molecule has 0 aromatic heterocycles. The van der Waals surface area contributed by atoms with E-state index in [1.54, 1.807) is 0 Å². The van der Waals surface area contributed by atoms with E-state index < -0.39 is 20.5 Å². The van der Waals surface area contributed by atoms with E-state index in [1.807, 2.05) is 0 Å². The van der Waals surface area contributed by atoms with Gasteiger partial charge in [0.2, 0.25) is 5.44 Å². The second-order valence-corrected chi connectivity index (χ2v) is 4.20. The van der Waals surface area contributed by atoms with E-state index >= 15 is 0 Å². The van der Waals surface area contributed by atoms with Gasteiger partial charge in [-0.15, -0.1) is 0 Å². The summed E-state index contributed by atoms with van der Waals surface area (Å²) in [4.78, 5) is 9.60. The van der Waals surface area contributed by atoms with Crippen LogP contribution in [0.2, 0.25) is 0 Å². The van der Waals surface area contributed by atoms with Crippen LogP contribution >= 0.6 is 0 Å². The Kier molecular flexibility index (Phi) is 3.03. The number of nitro groups is 1. The van der Waals surface area contributed by atoms with Crippen molar-refractivity contribution in [3.05, 3.63) is 39.9 Å². The van der Waals surface area contributed by atoms with Crippen molar-refractivity contribution in [2.24, 2.45) is 0 Å². The van der Waals surface area contributed by atoms with Crippen molar-refractivity contribution in [1.29, 1.82) is 0 Å². The number of hydrogen-bond acceptors (Lipinski definition) is 5. The molecule has 0 aliphatic carbocycles. The standard InChI is InChI=1S/C7H7NO6S/c9-7(15(12,13)14)5-2-1-3-6(4-5)8(10)11/h1-4,7,9H,(H,12,13,14)/t7-/m0/s1. The third-order valence-corrected chi connectivity index (χ3v) is 2.48. The van der Waals surface area contributed by atoms with Gasteiger partial charge in [0.25, 0.3) is 15.8 Å². The van der Waals surface area contributed by atoms with Crippen LogP contribution in [0.4, 0.5) is 5.69 Å². The van der Waals surface area contributed by atoms with Crippen LogP contribution in [-0.2, 0) is 10.1 Å². The molecule has 0 aliphatic rings. The van der Waals surface area contributed by atoms with E-state index in [-0.39, 0.29) is 11.3 Å². The van der Waals surface area contributed by atoms with E-state index in [9.17, 15) is 18.5 Å². The summed E-state index contributed by atoms with van der Waals surface area (Å²) in [6.45, 7) is 0. The molecule has 1 atom stereocenters. The number of aliphatic hydroxyl groups is 1. The van der Waals surface area contributed by atoms with E-state index in [4.69, 9.17) is 9.66 Å². The van der Waals surface area contributed by atoms with Crippen LogP contribution in [0.15, 0.2) is 24.3 Å². The summed E-state index contributed by atoms with van der Waals surface area (Å²) in [7, 11) is -4.67. The first-order valence-electron chi connectivity index (χ1n) is 3.71. The highest BCUT2D eigenvalue weighted by atomic mass is 32.2. The van der Waals surface area contributed by atoms with Gasteiger partial charge in [0.1, 0.15) is 0 Å². The van der Waals surface area contributed by atoms with Crippen LogP contribution in [0, 0.1) is 10.1 Å². The predicted molar refractivity (Wildman–Crippen MR) is 49.6 cm³/mol. The molecule has 0 saturated heterocycles. The molecule has 1 aromatic rings. The molecular formula is C7H7NO6S. The van der Waals surface area contributed by atoms with Gasteiger partial charge in [-0.3, -0.25) is 14.7 Å². The van der Waals surface area contributed by atoms with Gasteiger partial charge in [0.05, 0.1) is 4.92 Å². The fourth-order valence-corrected chi connectivity index (χ4v) is 1.45. The lowest BCUT2D eigenvalue weighted by atomic mass is 10.2. The first-order chi connectivity index (χ1) is 6.82. The smallest absolute Gasteiger partial charge is 0.296 e. The SMILES string of the molecule is O=[N+]([O-])c1cccc([C@@H](O)S(=O)(=O)O)c1. The average molecular weight is 233 g/mol. The molecule has 0 heterocycles. The summed E-state index contributed by atoms with van der Waals surface area (Å²) in [5.74, 6) is 0. The summed E-state index contributed by atoms with van der Waals surface area (Å²) in [6, 6.07) is 4.38. The summed E-state index contributed by atoms with van der Waals surface area (Å²) >= 11 is 0. The average Bonchev–Trinajstić information content (AvgIpc) is 2.15. The first-order valence-corrected chi connectivity index (χ1v) is 5.21. The topological polar surface area (TPSA) is 118 Å². The largest absolute Gasteiger partial charge is 0.371 e. The van der Waals surface area contributed by atoms with Crippen LogP contribution in [0.1, 0.15) is 11.0 Å². The monoisotopic (exact) mass is 233 g/mol. The molecule has 0 radical (unpaired) electrons. The van der Waals surface area contributed by atoms with Crippen LogP contribution < -0.4 is 0 Å². The molecule has 0 saturated carbocycles. The number of non-ortho nitro benzene ring substituents is 1. The maximum absolute atomic E-state index is 10.5. The molecule has 82 valence electrons. The molecule has 0 bridgehead atoms. The van der Waals surface area contributed by atoms with Gasteiger partial charge in [-0.1, -0.05) is 12.1 Å². The zero-order valence-electron chi connectivity index (χ0n) is 7.27. The molecule has 1 rings (SSSR count). The lowest BCUT2D eigenvalue weighted by Gasteiger charge is -2.06. The second-order valence-electron chi connectivity index (χ2n) is 2.72. The van der Waals surface area contributed by atoms with Crippen molar-refractivity contribution < 1.29 is 23.0 Å². The van der Waals surface area contributed by atoms with Gasteiger partial charge in [0.15, 0.2) is 0 Å². The normalized spacial score (nSPS) is 13.5. The van der Waals surface area contributed by atoms with Crippen LogP contribution in [0.5, 0.6) is 0 Å². The lowest BCUT2D eigenvalue weighted by Crippen LogP contribution is -2.11. The minimum Gasteiger partial charge on any atom is -0.371 e. The quantitative estimate of drug-likeness (QED) is 0.445. The maximum atomic E-state index is 10.5. The summed E-state index contributed by atoms with van der Waals surface area (Å²) in [5.41, 5.74) is -2.79. The second kappa shape index (κ2) is 3.93. The van der Waals surface area contributed by atoms with Gasteiger partial charge in [-0.05, 0) is 0 Å². The molecule has 2 N–H and O–H groups in total. The number of nitrogens with zero attached hydrogens (tertiary/aromatic N) is 1. The first kappa shape index (κ1) is 11.6. The van der Waals surface area contributed by atoms with E-state index in [0.717, 1.165) is 18.2 Å². The Morgan fingerprint density at radius 2 is 2.00 bits per heavy atom. The number of rotatable bonds is 3. The van der Waals surface area contributed by atoms with Crippen LogP contribution in [0.25, 0.3) is 0 Å². The van der Waals surface area contributed by atoms with Crippen molar-refractivity contribution >= 4 is 15.8 Å². The molecule has 15 heavy (non-hydrogen) atoms. The summed E-state index contributed by atoms with van der Waals surface area (Å²) in [5, 5.41) is 19.4. The molecule has 0 aliphatic heterocycles. The Hall–Kier alpha value is -1.51. The number of aliphatic hydroxyl groups excluding tert-OH is 1. The van der Waals surface area contributed by atoms with Crippen molar-refractivity contribution in [3.8, 4) is 0 Å². The molecular weight excluding hydrogens is 226 g/mol. The molecule has 0 spiro atoms. The van der Waals surface area contributed by atoms with E-state index in [2.05, 4.69) is 0 Å². The number of benzene rings is 1. The third-order valence-electron chi connectivity index (χ3n) is 1.65. The molecule has 1 aromatic carbocycles. The van der Waals surface area contributed by atoms with Gasteiger partial charge in [-0.25, -0.2) is 0 Å². The zero-order valence-corrected chi connectivity index (χ0v) is 8.09.